The van der Waals surface area contributed by atoms with E-state index in [1.807, 2.05) is 0 Å². The predicted octanol–water partition coefficient (Wildman–Crippen LogP) is 2.55. The van der Waals surface area contributed by atoms with Crippen LogP contribution < -0.4 is 5.73 Å². The van der Waals surface area contributed by atoms with Gasteiger partial charge in [-0.25, -0.2) is 0 Å². The maximum atomic E-state index is 5.57. The molecule has 2 heteroatoms. The summed E-state index contributed by atoms with van der Waals surface area (Å²) < 4.78 is 0. The van der Waals surface area contributed by atoms with E-state index in [9.17, 15) is 0 Å². The average molecular weight is 214 g/mol. The highest BCUT2D eigenvalue weighted by Gasteiger charge is 2.13. The molecule has 0 aliphatic heterocycles. The van der Waals surface area contributed by atoms with E-state index in [1.165, 1.54) is 35.7 Å². The Hall–Kier alpha value is -1.28. The summed E-state index contributed by atoms with van der Waals surface area (Å²) in [6.45, 7) is 0.775. The van der Waals surface area contributed by atoms with Crippen molar-refractivity contribution >= 4 is 10.9 Å². The second kappa shape index (κ2) is 3.95. The van der Waals surface area contributed by atoms with Gasteiger partial charge in [0.2, 0.25) is 0 Å². The molecule has 0 bridgehead atoms. The summed E-state index contributed by atoms with van der Waals surface area (Å²) in [7, 11) is 0. The molecule has 0 fully saturated rings. The zero-order valence-electron chi connectivity index (χ0n) is 9.55. The minimum Gasteiger partial charge on any atom is -0.361 e. The Bertz CT molecular complexity index is 511. The number of H-pyrrole nitrogens is 1. The topological polar surface area (TPSA) is 41.8 Å². The van der Waals surface area contributed by atoms with E-state index in [0.29, 0.717) is 0 Å². The van der Waals surface area contributed by atoms with Gasteiger partial charge in [-0.05, 0) is 67.5 Å². The zero-order valence-corrected chi connectivity index (χ0v) is 9.55. The van der Waals surface area contributed by atoms with Crippen LogP contribution >= 0.6 is 0 Å². The fourth-order valence-corrected chi connectivity index (χ4v) is 2.75. The Balaban J connectivity index is 2.05. The smallest absolute Gasteiger partial charge is 0.0459 e. The molecule has 0 atom stereocenters. The lowest BCUT2D eigenvalue weighted by Gasteiger charge is -2.01. The molecule has 1 aromatic carbocycles. The summed E-state index contributed by atoms with van der Waals surface area (Å²) in [5.41, 5.74) is 11.4. The monoisotopic (exact) mass is 214 g/mol. The normalized spacial score (nSPS) is 14.6. The SMILES string of the molecule is NCCCc1c[nH]c2cc3c(cc12)CCC3. The van der Waals surface area contributed by atoms with Gasteiger partial charge < -0.3 is 10.7 Å². The van der Waals surface area contributed by atoms with Gasteiger partial charge in [0.1, 0.15) is 0 Å². The minimum atomic E-state index is 0.775. The van der Waals surface area contributed by atoms with Gasteiger partial charge in [-0.1, -0.05) is 0 Å². The summed E-state index contributed by atoms with van der Waals surface area (Å²) >= 11 is 0. The summed E-state index contributed by atoms with van der Waals surface area (Å²) in [6, 6.07) is 4.73. The van der Waals surface area contributed by atoms with Crippen LogP contribution in [0.3, 0.4) is 0 Å². The zero-order chi connectivity index (χ0) is 11.0. The molecule has 0 amide bonds. The molecule has 0 saturated carbocycles. The molecule has 1 heterocycles. The number of nitrogens with two attached hydrogens (primary N) is 1. The first kappa shape index (κ1) is 9.91. The lowest BCUT2D eigenvalue weighted by Crippen LogP contribution is -1.99. The van der Waals surface area contributed by atoms with Gasteiger partial charge in [0.05, 0.1) is 0 Å². The highest BCUT2D eigenvalue weighted by molar-refractivity contribution is 5.85. The summed E-state index contributed by atoms with van der Waals surface area (Å²) in [5.74, 6) is 0. The number of aryl methyl sites for hydroxylation is 3. The first-order valence-corrected chi connectivity index (χ1v) is 6.20. The van der Waals surface area contributed by atoms with E-state index < -0.39 is 0 Å². The Morgan fingerprint density at radius 1 is 1.19 bits per heavy atom. The molecule has 84 valence electrons. The maximum Gasteiger partial charge on any atom is 0.0459 e. The quantitative estimate of drug-likeness (QED) is 0.810. The molecule has 0 radical (unpaired) electrons. The molecule has 0 unspecified atom stereocenters. The number of rotatable bonds is 3. The largest absolute Gasteiger partial charge is 0.361 e. The van der Waals surface area contributed by atoms with Crippen molar-refractivity contribution in [3.8, 4) is 0 Å². The van der Waals surface area contributed by atoms with Crippen LogP contribution in [0.25, 0.3) is 10.9 Å². The van der Waals surface area contributed by atoms with Gasteiger partial charge in [0.25, 0.3) is 0 Å². The molecule has 16 heavy (non-hydrogen) atoms. The Morgan fingerprint density at radius 3 is 2.81 bits per heavy atom. The number of hydrogen-bond acceptors (Lipinski definition) is 1. The lowest BCUT2D eigenvalue weighted by molar-refractivity contribution is 0.837. The van der Waals surface area contributed by atoms with Crippen LogP contribution in [0.1, 0.15) is 29.5 Å². The second-order valence-electron chi connectivity index (χ2n) is 4.73. The number of aromatic nitrogens is 1. The fourth-order valence-electron chi connectivity index (χ4n) is 2.75. The van der Waals surface area contributed by atoms with Gasteiger partial charge in [-0.3, -0.25) is 0 Å². The second-order valence-corrected chi connectivity index (χ2v) is 4.73. The van der Waals surface area contributed by atoms with Crippen molar-refractivity contribution in [2.75, 3.05) is 6.54 Å². The van der Waals surface area contributed by atoms with Crippen LogP contribution in [-0.2, 0) is 19.3 Å². The van der Waals surface area contributed by atoms with Crippen LogP contribution in [0, 0.1) is 0 Å². The Kier molecular flexibility index (Phi) is 2.44. The number of fused-ring (bicyclic) bond motifs is 2. The van der Waals surface area contributed by atoms with Crippen LogP contribution in [0.2, 0.25) is 0 Å². The van der Waals surface area contributed by atoms with E-state index in [4.69, 9.17) is 5.73 Å². The third kappa shape index (κ3) is 1.54. The van der Waals surface area contributed by atoms with Gasteiger partial charge >= 0.3 is 0 Å². The van der Waals surface area contributed by atoms with Crippen molar-refractivity contribution in [2.45, 2.75) is 32.1 Å². The third-order valence-electron chi connectivity index (χ3n) is 3.63. The van der Waals surface area contributed by atoms with Crippen LogP contribution in [-0.4, -0.2) is 11.5 Å². The summed E-state index contributed by atoms with van der Waals surface area (Å²) in [4.78, 5) is 3.39. The summed E-state index contributed by atoms with van der Waals surface area (Å²) in [5, 5.41) is 1.41. The van der Waals surface area contributed by atoms with Crippen molar-refractivity contribution in [1.29, 1.82) is 0 Å². The van der Waals surface area contributed by atoms with Gasteiger partial charge in [-0.2, -0.15) is 0 Å². The molecule has 1 aliphatic carbocycles. The standard InChI is InChI=1S/C14H18N2/c15-6-2-5-12-9-16-14-8-11-4-1-3-10(11)7-13(12)14/h7-9,16H,1-6,15H2. The van der Waals surface area contributed by atoms with Crippen molar-refractivity contribution in [3.05, 3.63) is 35.0 Å². The molecule has 1 aromatic heterocycles. The summed E-state index contributed by atoms with van der Waals surface area (Å²) in [6.07, 6.45) is 8.14. The van der Waals surface area contributed by atoms with E-state index in [2.05, 4.69) is 23.3 Å². The predicted molar refractivity (Wildman–Crippen MR) is 67.7 cm³/mol. The van der Waals surface area contributed by atoms with Gasteiger partial charge in [0, 0.05) is 17.1 Å². The van der Waals surface area contributed by atoms with Crippen molar-refractivity contribution in [1.82, 2.24) is 4.98 Å². The third-order valence-corrected chi connectivity index (χ3v) is 3.63. The van der Waals surface area contributed by atoms with Crippen molar-refractivity contribution in [2.24, 2.45) is 5.73 Å². The molecule has 2 aromatic rings. The molecule has 0 saturated heterocycles. The van der Waals surface area contributed by atoms with Crippen LogP contribution in [0.15, 0.2) is 18.3 Å². The first-order chi connectivity index (χ1) is 7.88. The van der Waals surface area contributed by atoms with Crippen LogP contribution in [0.4, 0.5) is 0 Å². The minimum absolute atomic E-state index is 0.775. The molecule has 1 aliphatic rings. The highest BCUT2D eigenvalue weighted by Crippen LogP contribution is 2.29. The molecule has 3 rings (SSSR count). The lowest BCUT2D eigenvalue weighted by atomic mass is 10.0. The van der Waals surface area contributed by atoms with Crippen LogP contribution in [0.5, 0.6) is 0 Å². The number of hydrogen-bond donors (Lipinski definition) is 2. The molecule has 3 N–H and O–H groups in total. The fraction of sp³-hybridized carbons (Fsp3) is 0.429. The van der Waals surface area contributed by atoms with E-state index in [0.717, 1.165) is 19.4 Å². The van der Waals surface area contributed by atoms with Crippen molar-refractivity contribution < 1.29 is 0 Å². The Morgan fingerprint density at radius 2 is 2.00 bits per heavy atom. The molecular formula is C14H18N2. The van der Waals surface area contributed by atoms with Gasteiger partial charge in [0.15, 0.2) is 0 Å². The van der Waals surface area contributed by atoms with Gasteiger partial charge in [-0.15, -0.1) is 0 Å². The maximum absolute atomic E-state index is 5.57. The molecular weight excluding hydrogens is 196 g/mol. The van der Waals surface area contributed by atoms with E-state index in [-0.39, 0.29) is 0 Å². The number of nitrogens with one attached hydrogen (secondary N) is 1. The van der Waals surface area contributed by atoms with E-state index in [1.54, 1.807) is 11.1 Å². The number of benzene rings is 1. The molecule has 2 nitrogen and oxygen atoms in total. The Labute approximate surface area is 95.8 Å². The van der Waals surface area contributed by atoms with E-state index >= 15 is 0 Å². The number of aromatic amines is 1. The highest BCUT2D eigenvalue weighted by atomic mass is 14.7. The van der Waals surface area contributed by atoms with Crippen molar-refractivity contribution in [3.63, 3.8) is 0 Å². The average Bonchev–Trinajstić information content (AvgIpc) is 2.89. The first-order valence-electron chi connectivity index (χ1n) is 6.20. The molecule has 0 spiro atoms.